The molecule has 2 N–H and O–H groups in total. The highest BCUT2D eigenvalue weighted by Gasteiger charge is 2.22. The minimum Gasteiger partial charge on any atom is -0.358 e. The summed E-state index contributed by atoms with van der Waals surface area (Å²) in [5, 5.41) is 4.83. The first kappa shape index (κ1) is 17.9. The lowest BCUT2D eigenvalue weighted by Gasteiger charge is -2.34. The largest absolute Gasteiger partial charge is 0.358 e. The van der Waals surface area contributed by atoms with Gasteiger partial charge in [0.2, 0.25) is 0 Å². The normalized spacial score (nSPS) is 15.3. The molecule has 0 bridgehead atoms. The number of aromatic nitrogens is 1. The Labute approximate surface area is 163 Å². The van der Waals surface area contributed by atoms with Gasteiger partial charge in [0.25, 0.3) is 0 Å². The van der Waals surface area contributed by atoms with Crippen LogP contribution in [0.5, 0.6) is 0 Å². The molecule has 6 heteroatoms. The van der Waals surface area contributed by atoms with Crippen LogP contribution in [-0.4, -0.2) is 47.0 Å². The predicted molar refractivity (Wildman–Crippen MR) is 110 cm³/mol. The Morgan fingerprint density at radius 2 is 1.89 bits per heavy atom. The number of carbonyl (C=O) groups excluding carboxylic acids is 1. The van der Waals surface area contributed by atoms with Crippen molar-refractivity contribution in [1.82, 2.24) is 14.8 Å². The van der Waals surface area contributed by atoms with Crippen molar-refractivity contribution in [3.63, 3.8) is 0 Å². The van der Waals surface area contributed by atoms with Gasteiger partial charge in [-0.3, -0.25) is 4.90 Å². The Balaban J connectivity index is 1.36. The number of aromatic amines is 1. The zero-order valence-corrected chi connectivity index (χ0v) is 16.1. The number of nitrogens with zero attached hydrogens (tertiary/aromatic N) is 2. The predicted octanol–water partition coefficient (Wildman–Crippen LogP) is 4.48. The van der Waals surface area contributed by atoms with Gasteiger partial charge >= 0.3 is 6.03 Å². The molecule has 5 nitrogen and oxygen atoms in total. The number of urea groups is 1. The van der Waals surface area contributed by atoms with Gasteiger partial charge in [0.05, 0.1) is 0 Å². The maximum Gasteiger partial charge on any atom is 0.321 e. The van der Waals surface area contributed by atoms with E-state index in [4.69, 9.17) is 11.6 Å². The Morgan fingerprint density at radius 3 is 2.67 bits per heavy atom. The minimum absolute atomic E-state index is 0.0693. The van der Waals surface area contributed by atoms with Crippen LogP contribution in [0, 0.1) is 6.92 Å². The van der Waals surface area contributed by atoms with Gasteiger partial charge in [0.15, 0.2) is 0 Å². The number of halogens is 1. The number of rotatable bonds is 3. The van der Waals surface area contributed by atoms with E-state index in [1.54, 1.807) is 12.1 Å². The summed E-state index contributed by atoms with van der Waals surface area (Å²) in [5.74, 6) is 0. The van der Waals surface area contributed by atoms with Crippen molar-refractivity contribution in [2.24, 2.45) is 0 Å². The van der Waals surface area contributed by atoms with Crippen molar-refractivity contribution in [2.45, 2.75) is 13.5 Å². The third-order valence-corrected chi connectivity index (χ3v) is 5.38. The molecule has 1 aliphatic rings. The van der Waals surface area contributed by atoms with E-state index < -0.39 is 0 Å². The molecular weight excluding hydrogens is 360 g/mol. The lowest BCUT2D eigenvalue weighted by molar-refractivity contribution is 0.143. The van der Waals surface area contributed by atoms with Crippen LogP contribution in [0.3, 0.4) is 0 Å². The molecular formula is C21H23ClN4O. The number of hydrogen-bond acceptors (Lipinski definition) is 2. The third-order valence-electron chi connectivity index (χ3n) is 5.14. The number of para-hydroxylation sites is 1. The highest BCUT2D eigenvalue weighted by atomic mass is 35.5. The number of amides is 2. The number of aryl methyl sites for hydroxylation is 1. The van der Waals surface area contributed by atoms with Gasteiger partial charge in [-0.2, -0.15) is 0 Å². The lowest BCUT2D eigenvalue weighted by atomic mass is 10.1. The van der Waals surface area contributed by atoms with Gasteiger partial charge in [-0.1, -0.05) is 35.9 Å². The summed E-state index contributed by atoms with van der Waals surface area (Å²) in [6.45, 7) is 6.19. The summed E-state index contributed by atoms with van der Waals surface area (Å²) < 4.78 is 0. The average Bonchev–Trinajstić information content (AvgIpc) is 2.98. The maximum absolute atomic E-state index is 12.5. The third kappa shape index (κ3) is 3.94. The Kier molecular flexibility index (Phi) is 5.05. The number of benzene rings is 2. The summed E-state index contributed by atoms with van der Waals surface area (Å²) in [6, 6.07) is 15.6. The van der Waals surface area contributed by atoms with E-state index in [-0.39, 0.29) is 6.03 Å². The van der Waals surface area contributed by atoms with Crippen LogP contribution in [0.15, 0.2) is 48.5 Å². The van der Waals surface area contributed by atoms with E-state index in [0.717, 1.165) is 25.3 Å². The fourth-order valence-corrected chi connectivity index (χ4v) is 3.83. The molecule has 0 radical (unpaired) electrons. The molecule has 4 rings (SSSR count). The van der Waals surface area contributed by atoms with Crippen LogP contribution in [0.1, 0.15) is 11.3 Å². The quantitative estimate of drug-likeness (QED) is 0.701. The summed E-state index contributed by atoms with van der Waals surface area (Å²) in [7, 11) is 0. The zero-order valence-electron chi connectivity index (χ0n) is 15.3. The monoisotopic (exact) mass is 382 g/mol. The van der Waals surface area contributed by atoms with Crippen molar-refractivity contribution in [1.29, 1.82) is 0 Å². The van der Waals surface area contributed by atoms with Gasteiger partial charge in [0, 0.05) is 60.0 Å². The van der Waals surface area contributed by atoms with Gasteiger partial charge in [-0.25, -0.2) is 4.79 Å². The van der Waals surface area contributed by atoms with Crippen molar-refractivity contribution in [2.75, 3.05) is 31.5 Å². The smallest absolute Gasteiger partial charge is 0.321 e. The number of H-pyrrole nitrogens is 1. The second-order valence-electron chi connectivity index (χ2n) is 6.98. The van der Waals surface area contributed by atoms with Crippen molar-refractivity contribution >= 4 is 34.2 Å². The van der Waals surface area contributed by atoms with Crippen LogP contribution in [0.4, 0.5) is 10.5 Å². The number of anilines is 1. The molecule has 27 heavy (non-hydrogen) atoms. The molecule has 0 spiro atoms. The molecule has 1 aromatic heterocycles. The highest BCUT2D eigenvalue weighted by Crippen LogP contribution is 2.24. The fourth-order valence-electron chi connectivity index (χ4n) is 3.64. The molecule has 2 heterocycles. The number of carbonyl (C=O) groups is 1. The van der Waals surface area contributed by atoms with Crippen LogP contribution >= 0.6 is 11.6 Å². The zero-order chi connectivity index (χ0) is 18.8. The van der Waals surface area contributed by atoms with E-state index in [1.807, 2.05) is 17.0 Å². The van der Waals surface area contributed by atoms with E-state index in [9.17, 15) is 4.79 Å². The maximum atomic E-state index is 12.5. The SMILES string of the molecule is Cc1[nH]c2ccccc2c1CN1CCN(C(=O)Nc2cccc(Cl)c2)CC1. The Bertz CT molecular complexity index is 960. The molecule has 2 amide bonds. The topological polar surface area (TPSA) is 51.4 Å². The summed E-state index contributed by atoms with van der Waals surface area (Å²) >= 11 is 5.98. The summed E-state index contributed by atoms with van der Waals surface area (Å²) in [4.78, 5) is 20.2. The second-order valence-corrected chi connectivity index (χ2v) is 7.41. The van der Waals surface area contributed by atoms with E-state index in [1.165, 1.54) is 22.2 Å². The number of fused-ring (bicyclic) bond motifs is 1. The van der Waals surface area contributed by atoms with Crippen molar-refractivity contribution < 1.29 is 4.79 Å². The molecule has 140 valence electrons. The van der Waals surface area contributed by atoms with Crippen molar-refractivity contribution in [3.05, 3.63) is 64.8 Å². The molecule has 3 aromatic rings. The molecule has 0 saturated carbocycles. The molecule has 0 atom stereocenters. The fraction of sp³-hybridized carbons (Fsp3) is 0.286. The molecule has 1 fully saturated rings. The molecule has 2 aromatic carbocycles. The first-order chi connectivity index (χ1) is 13.1. The van der Waals surface area contributed by atoms with Crippen LogP contribution < -0.4 is 5.32 Å². The van der Waals surface area contributed by atoms with Gasteiger partial charge < -0.3 is 15.2 Å². The summed E-state index contributed by atoms with van der Waals surface area (Å²) in [5.41, 5.74) is 4.48. The van der Waals surface area contributed by atoms with E-state index in [2.05, 4.69) is 46.4 Å². The number of piperazine rings is 1. The number of hydrogen-bond donors (Lipinski definition) is 2. The van der Waals surface area contributed by atoms with Crippen LogP contribution in [0.25, 0.3) is 10.9 Å². The Morgan fingerprint density at radius 1 is 1.11 bits per heavy atom. The standard InChI is InChI=1S/C21H23ClN4O/c1-15-19(18-7-2-3-8-20(18)23-15)14-25-9-11-26(12-10-25)21(27)24-17-6-4-5-16(22)13-17/h2-8,13,23H,9-12,14H2,1H3,(H,24,27). The molecule has 1 aliphatic heterocycles. The highest BCUT2D eigenvalue weighted by molar-refractivity contribution is 6.30. The van der Waals surface area contributed by atoms with E-state index in [0.29, 0.717) is 18.1 Å². The molecule has 0 aliphatic carbocycles. The van der Waals surface area contributed by atoms with Gasteiger partial charge in [-0.05, 0) is 36.8 Å². The minimum atomic E-state index is -0.0693. The van der Waals surface area contributed by atoms with E-state index >= 15 is 0 Å². The molecule has 1 saturated heterocycles. The average molecular weight is 383 g/mol. The second kappa shape index (κ2) is 7.62. The lowest BCUT2D eigenvalue weighted by Crippen LogP contribution is -2.49. The summed E-state index contributed by atoms with van der Waals surface area (Å²) in [6.07, 6.45) is 0. The molecule has 0 unspecified atom stereocenters. The number of nitrogens with one attached hydrogen (secondary N) is 2. The Hall–Kier alpha value is -2.50. The van der Waals surface area contributed by atoms with Crippen LogP contribution in [0.2, 0.25) is 5.02 Å². The van der Waals surface area contributed by atoms with Crippen LogP contribution in [-0.2, 0) is 6.54 Å². The first-order valence-corrected chi connectivity index (χ1v) is 9.58. The van der Waals surface area contributed by atoms with Crippen molar-refractivity contribution in [3.8, 4) is 0 Å². The van der Waals surface area contributed by atoms with Gasteiger partial charge in [-0.15, -0.1) is 0 Å². The first-order valence-electron chi connectivity index (χ1n) is 9.20. The van der Waals surface area contributed by atoms with Gasteiger partial charge in [0.1, 0.15) is 0 Å².